The van der Waals surface area contributed by atoms with Crippen LogP contribution in [0.5, 0.6) is 5.88 Å². The van der Waals surface area contributed by atoms with Gasteiger partial charge in [0.1, 0.15) is 11.6 Å². The molecule has 244 valence electrons. The van der Waals surface area contributed by atoms with Crippen molar-refractivity contribution in [1.82, 2.24) is 24.3 Å². The maximum absolute atomic E-state index is 17.2. The van der Waals surface area contributed by atoms with Crippen molar-refractivity contribution in [2.24, 2.45) is 5.73 Å². The summed E-state index contributed by atoms with van der Waals surface area (Å²) in [6.07, 6.45) is 4.63. The molecule has 2 fully saturated rings. The summed E-state index contributed by atoms with van der Waals surface area (Å²) < 4.78 is 25.7. The maximum Gasteiger partial charge on any atom is 0.315 e. The standard InChI is InChI=1S/C36H34ClFN8O2/c1-20(28-10-5-14-44(28)2)48-35-33-34(46(19-42-33)24-12-15-45(36(41)47)23(16-24)11-13-39)26-17-27(37)30(31(38)32(26)43-35)25-9-4-7-21-6-3-8-22(18-40)29(21)25/h3-4,6-9,17,19-20,23-24,28H,5,10-12,14-16H2,1-2H3,(H2,41,47)/t20-,23+,24-,28-/m0/s1. The van der Waals surface area contributed by atoms with Crippen molar-refractivity contribution >= 4 is 50.3 Å². The molecule has 2 N–H and O–H groups in total. The highest BCUT2D eigenvalue weighted by atomic mass is 35.5. The molecule has 0 aliphatic carbocycles. The predicted molar refractivity (Wildman–Crippen MR) is 182 cm³/mol. The molecule has 0 unspecified atom stereocenters. The van der Waals surface area contributed by atoms with E-state index >= 15 is 4.39 Å². The lowest BCUT2D eigenvalue weighted by atomic mass is 9.93. The number of nitrogens with two attached hydrogens (primary N) is 1. The van der Waals surface area contributed by atoms with Gasteiger partial charge in [-0.3, -0.25) is 4.90 Å². The van der Waals surface area contributed by atoms with Crippen molar-refractivity contribution in [3.63, 3.8) is 0 Å². The van der Waals surface area contributed by atoms with E-state index in [1.165, 1.54) is 4.90 Å². The molecular weight excluding hydrogens is 631 g/mol. The predicted octanol–water partition coefficient (Wildman–Crippen LogP) is 6.93. The number of primary amides is 1. The first-order valence-corrected chi connectivity index (χ1v) is 16.5. The van der Waals surface area contributed by atoms with Gasteiger partial charge in [0.25, 0.3) is 0 Å². The van der Waals surface area contributed by atoms with Crippen molar-refractivity contribution in [1.29, 1.82) is 10.5 Å². The molecule has 2 amide bonds. The number of carbonyl (C=O) groups excluding carboxylic acids is 1. The summed E-state index contributed by atoms with van der Waals surface area (Å²) in [6, 6.07) is 16.0. The number of likely N-dealkylation sites (tertiary alicyclic amines) is 2. The Morgan fingerprint density at radius 2 is 1.98 bits per heavy atom. The molecule has 2 aromatic heterocycles. The van der Waals surface area contributed by atoms with Crippen LogP contribution in [0.25, 0.3) is 43.8 Å². The summed E-state index contributed by atoms with van der Waals surface area (Å²) >= 11 is 6.98. The fourth-order valence-electron chi connectivity index (χ4n) is 7.74. The molecule has 2 saturated heterocycles. The van der Waals surface area contributed by atoms with Crippen molar-refractivity contribution in [2.45, 2.75) is 63.3 Å². The number of aromatic nitrogens is 3. The molecule has 4 heterocycles. The molecule has 3 aromatic carbocycles. The molecule has 0 spiro atoms. The minimum atomic E-state index is -0.631. The number of halogens is 2. The number of ether oxygens (including phenoxy) is 1. The number of imidazole rings is 1. The Kier molecular flexibility index (Phi) is 8.28. The van der Waals surface area contributed by atoms with Gasteiger partial charge in [0.05, 0.1) is 41.0 Å². The molecule has 0 saturated carbocycles. The van der Waals surface area contributed by atoms with Gasteiger partial charge in [0, 0.05) is 41.0 Å². The summed E-state index contributed by atoms with van der Waals surface area (Å²) in [4.78, 5) is 25.5. The number of likely N-dealkylation sites (N-methyl/N-ethyl adjacent to an activating group) is 1. The number of nitrogens with zero attached hydrogens (tertiary/aromatic N) is 7. The molecule has 48 heavy (non-hydrogen) atoms. The Labute approximate surface area is 282 Å². The second-order valence-corrected chi connectivity index (χ2v) is 13.2. The van der Waals surface area contributed by atoms with Crippen LogP contribution in [0.3, 0.4) is 0 Å². The zero-order valence-corrected chi connectivity index (χ0v) is 27.4. The van der Waals surface area contributed by atoms with E-state index in [0.29, 0.717) is 52.3 Å². The molecule has 4 atom stereocenters. The number of rotatable bonds is 6. The van der Waals surface area contributed by atoms with Crippen molar-refractivity contribution in [3.8, 4) is 29.1 Å². The van der Waals surface area contributed by atoms with Crippen LogP contribution in [-0.4, -0.2) is 68.7 Å². The lowest BCUT2D eigenvalue weighted by molar-refractivity contribution is 0.118. The van der Waals surface area contributed by atoms with Gasteiger partial charge in [-0.15, -0.1) is 0 Å². The highest BCUT2D eigenvalue weighted by Crippen LogP contribution is 2.44. The topological polar surface area (TPSA) is 137 Å². The van der Waals surface area contributed by atoms with E-state index in [-0.39, 0.29) is 52.6 Å². The van der Waals surface area contributed by atoms with Gasteiger partial charge in [-0.2, -0.15) is 10.5 Å². The lowest BCUT2D eigenvalue weighted by Gasteiger charge is -2.38. The first-order valence-electron chi connectivity index (χ1n) is 16.1. The lowest BCUT2D eigenvalue weighted by Crippen LogP contribution is -2.48. The Morgan fingerprint density at radius 1 is 1.19 bits per heavy atom. The van der Waals surface area contributed by atoms with E-state index < -0.39 is 11.8 Å². The Morgan fingerprint density at radius 3 is 2.69 bits per heavy atom. The largest absolute Gasteiger partial charge is 0.471 e. The summed E-state index contributed by atoms with van der Waals surface area (Å²) in [5.41, 5.74) is 7.85. The summed E-state index contributed by atoms with van der Waals surface area (Å²) in [5.74, 6) is -0.413. The third-order valence-corrected chi connectivity index (χ3v) is 10.4. The number of piperidine rings is 1. The summed E-state index contributed by atoms with van der Waals surface area (Å²) in [6.45, 7) is 3.33. The minimum Gasteiger partial charge on any atom is -0.471 e. The first-order chi connectivity index (χ1) is 23.2. The molecule has 7 rings (SSSR count). The van der Waals surface area contributed by atoms with Gasteiger partial charge in [0.15, 0.2) is 11.3 Å². The van der Waals surface area contributed by atoms with Gasteiger partial charge < -0.3 is 19.9 Å². The number of benzene rings is 3. The average Bonchev–Trinajstić information content (AvgIpc) is 3.72. The summed E-state index contributed by atoms with van der Waals surface area (Å²) in [5, 5.41) is 21.5. The van der Waals surface area contributed by atoms with Crippen LogP contribution in [0.4, 0.5) is 9.18 Å². The first kappa shape index (κ1) is 31.6. The van der Waals surface area contributed by atoms with E-state index in [4.69, 9.17) is 32.0 Å². The van der Waals surface area contributed by atoms with Gasteiger partial charge in [-0.1, -0.05) is 41.9 Å². The minimum absolute atomic E-state index is 0.0696. The number of urea groups is 1. The number of amides is 2. The van der Waals surface area contributed by atoms with Crippen LogP contribution in [0.2, 0.25) is 5.02 Å². The van der Waals surface area contributed by atoms with Crippen LogP contribution in [0, 0.1) is 28.5 Å². The van der Waals surface area contributed by atoms with Gasteiger partial charge in [0.2, 0.25) is 5.88 Å². The average molecular weight is 665 g/mol. The number of hydrogen-bond acceptors (Lipinski definition) is 7. The van der Waals surface area contributed by atoms with E-state index in [1.54, 1.807) is 30.6 Å². The van der Waals surface area contributed by atoms with E-state index in [9.17, 15) is 15.3 Å². The fourth-order valence-corrected chi connectivity index (χ4v) is 8.03. The van der Waals surface area contributed by atoms with Crippen molar-refractivity contribution in [3.05, 3.63) is 65.2 Å². The number of pyridine rings is 1. The molecule has 10 nitrogen and oxygen atoms in total. The van der Waals surface area contributed by atoms with Gasteiger partial charge in [-0.05, 0) is 69.3 Å². The second-order valence-electron chi connectivity index (χ2n) is 12.8. The van der Waals surface area contributed by atoms with E-state index in [0.717, 1.165) is 24.8 Å². The molecule has 2 aliphatic rings. The molecule has 5 aromatic rings. The summed E-state index contributed by atoms with van der Waals surface area (Å²) in [7, 11) is 2.07. The zero-order chi connectivity index (χ0) is 33.7. The number of hydrogen-bond donors (Lipinski definition) is 1. The smallest absolute Gasteiger partial charge is 0.315 e. The highest BCUT2D eigenvalue weighted by Gasteiger charge is 2.34. The fraction of sp³-hybridized carbons (Fsp3) is 0.361. The third kappa shape index (κ3) is 5.24. The second kappa shape index (κ2) is 12.6. The Balaban J connectivity index is 1.45. The number of fused-ring (bicyclic) bond motifs is 4. The Bertz CT molecular complexity index is 2170. The van der Waals surface area contributed by atoms with Crippen LogP contribution >= 0.6 is 11.6 Å². The van der Waals surface area contributed by atoms with Crippen molar-refractivity contribution < 1.29 is 13.9 Å². The number of nitriles is 2. The molecular formula is C36H34ClFN8O2. The molecule has 12 heteroatoms. The number of carbonyl (C=O) groups is 1. The zero-order valence-electron chi connectivity index (χ0n) is 26.7. The third-order valence-electron chi connectivity index (χ3n) is 10.1. The van der Waals surface area contributed by atoms with Crippen LogP contribution in [0.15, 0.2) is 48.8 Å². The van der Waals surface area contributed by atoms with Gasteiger partial charge in [-0.25, -0.2) is 19.2 Å². The normalized spacial score (nSPS) is 20.6. The van der Waals surface area contributed by atoms with Gasteiger partial charge >= 0.3 is 6.03 Å². The molecule has 2 aliphatic heterocycles. The molecule has 0 bridgehead atoms. The molecule has 0 radical (unpaired) electrons. The Hall–Kier alpha value is -4.97. The monoisotopic (exact) mass is 664 g/mol. The van der Waals surface area contributed by atoms with Crippen LogP contribution in [-0.2, 0) is 0 Å². The van der Waals surface area contributed by atoms with Crippen molar-refractivity contribution in [2.75, 3.05) is 20.1 Å². The maximum atomic E-state index is 17.2. The van der Waals surface area contributed by atoms with Crippen LogP contribution in [0.1, 0.15) is 50.6 Å². The SMILES string of the molecule is C[C@H](Oc1nc2c(F)c(-c3cccc4cccc(C#N)c34)c(Cl)cc2c2c1ncn2[C@H]1CCN(C(N)=O)[C@H](CC#N)C1)[C@@H]1CCCN1C. The van der Waals surface area contributed by atoms with Crippen LogP contribution < -0.4 is 10.5 Å². The van der Waals surface area contributed by atoms with E-state index in [2.05, 4.69) is 24.1 Å². The highest BCUT2D eigenvalue weighted by molar-refractivity contribution is 6.35. The van der Waals surface area contributed by atoms with E-state index in [1.807, 2.05) is 29.7 Å². The quantitative estimate of drug-likeness (QED) is 0.208.